The molecule has 5 heteroatoms. The monoisotopic (exact) mass is 441 g/mol. The van der Waals surface area contributed by atoms with Gasteiger partial charge in [-0.1, -0.05) is 73.7 Å². The molecule has 3 aromatic carbocycles. The molecule has 1 saturated heterocycles. The normalized spacial score (nSPS) is 15.8. The lowest BCUT2D eigenvalue weighted by atomic mass is 10.0. The van der Waals surface area contributed by atoms with E-state index in [9.17, 15) is 9.59 Å². The van der Waals surface area contributed by atoms with Crippen LogP contribution >= 0.6 is 0 Å². The quantitative estimate of drug-likeness (QED) is 0.555. The van der Waals surface area contributed by atoms with Crippen LogP contribution in [0.25, 0.3) is 11.1 Å². The van der Waals surface area contributed by atoms with Crippen LogP contribution in [0.3, 0.4) is 0 Å². The number of hydrogen-bond acceptors (Lipinski definition) is 3. The highest BCUT2D eigenvalue weighted by atomic mass is 16.2. The van der Waals surface area contributed by atoms with Gasteiger partial charge in [-0.15, -0.1) is 0 Å². The summed E-state index contributed by atoms with van der Waals surface area (Å²) in [6, 6.07) is 26.2. The predicted molar refractivity (Wildman–Crippen MR) is 132 cm³/mol. The second-order valence-corrected chi connectivity index (χ2v) is 8.59. The number of nitrogens with zero attached hydrogens (tertiary/aromatic N) is 1. The van der Waals surface area contributed by atoms with Gasteiger partial charge in [0.25, 0.3) is 5.91 Å². The van der Waals surface area contributed by atoms with Crippen molar-refractivity contribution >= 4 is 11.8 Å². The lowest BCUT2D eigenvalue weighted by Crippen LogP contribution is -2.43. The number of hydrogen-bond donors (Lipinski definition) is 2. The largest absolute Gasteiger partial charge is 0.350 e. The van der Waals surface area contributed by atoms with Crippen molar-refractivity contribution in [1.29, 1.82) is 0 Å². The van der Waals surface area contributed by atoms with Crippen molar-refractivity contribution in [3.8, 4) is 11.1 Å². The highest BCUT2D eigenvalue weighted by Crippen LogP contribution is 2.20. The van der Waals surface area contributed by atoms with Gasteiger partial charge < -0.3 is 10.6 Å². The zero-order valence-electron chi connectivity index (χ0n) is 19.1. The van der Waals surface area contributed by atoms with Crippen molar-refractivity contribution in [3.63, 3.8) is 0 Å². The molecule has 33 heavy (non-hydrogen) atoms. The van der Waals surface area contributed by atoms with Crippen LogP contribution < -0.4 is 10.6 Å². The van der Waals surface area contributed by atoms with Gasteiger partial charge in [0.05, 0.1) is 6.54 Å². The molecule has 2 N–H and O–H groups in total. The Morgan fingerprint density at radius 1 is 0.909 bits per heavy atom. The second-order valence-electron chi connectivity index (χ2n) is 8.59. The minimum Gasteiger partial charge on any atom is -0.350 e. The third kappa shape index (κ3) is 6.30. The van der Waals surface area contributed by atoms with E-state index in [2.05, 4.69) is 46.7 Å². The molecular formula is C28H31N3O2. The molecular weight excluding hydrogens is 410 g/mol. The summed E-state index contributed by atoms with van der Waals surface area (Å²) >= 11 is 0. The van der Waals surface area contributed by atoms with Crippen molar-refractivity contribution in [2.45, 2.75) is 32.4 Å². The number of aryl methyl sites for hydroxylation is 1. The number of amides is 2. The fourth-order valence-corrected chi connectivity index (χ4v) is 4.24. The van der Waals surface area contributed by atoms with E-state index in [-0.39, 0.29) is 24.4 Å². The Balaban J connectivity index is 1.23. The average Bonchev–Trinajstić information content (AvgIpc) is 3.30. The van der Waals surface area contributed by atoms with E-state index in [1.54, 1.807) is 6.07 Å². The van der Waals surface area contributed by atoms with Gasteiger partial charge in [0.2, 0.25) is 5.91 Å². The molecule has 4 rings (SSSR count). The number of carbonyl (C=O) groups excluding carboxylic acids is 2. The zero-order chi connectivity index (χ0) is 23.0. The number of nitrogens with one attached hydrogen (secondary N) is 2. The minimum atomic E-state index is -0.244. The first-order valence-electron chi connectivity index (χ1n) is 11.6. The van der Waals surface area contributed by atoms with Crippen LogP contribution in [0.5, 0.6) is 0 Å². The molecule has 0 bridgehead atoms. The molecule has 1 atom stereocenters. The van der Waals surface area contributed by atoms with E-state index in [1.807, 2.05) is 48.5 Å². The van der Waals surface area contributed by atoms with E-state index in [4.69, 9.17) is 0 Å². The lowest BCUT2D eigenvalue weighted by molar-refractivity contribution is -0.120. The fourth-order valence-electron chi connectivity index (χ4n) is 4.24. The second kappa shape index (κ2) is 10.9. The maximum absolute atomic E-state index is 12.6. The van der Waals surface area contributed by atoms with Crippen LogP contribution in [0.4, 0.5) is 0 Å². The molecule has 2 amide bonds. The van der Waals surface area contributed by atoms with Crippen LogP contribution in [0.2, 0.25) is 0 Å². The molecule has 0 radical (unpaired) electrons. The van der Waals surface area contributed by atoms with Crippen molar-refractivity contribution in [1.82, 2.24) is 15.5 Å². The highest BCUT2D eigenvalue weighted by molar-refractivity contribution is 5.97. The minimum absolute atomic E-state index is 0.0244. The van der Waals surface area contributed by atoms with Crippen LogP contribution in [0.15, 0.2) is 78.9 Å². The summed E-state index contributed by atoms with van der Waals surface area (Å²) in [6.07, 6.45) is 1.97. The van der Waals surface area contributed by atoms with E-state index >= 15 is 0 Å². The summed E-state index contributed by atoms with van der Waals surface area (Å²) in [4.78, 5) is 27.3. The van der Waals surface area contributed by atoms with E-state index in [1.165, 1.54) is 11.1 Å². The summed E-state index contributed by atoms with van der Waals surface area (Å²) in [5, 5.41) is 5.81. The first kappa shape index (κ1) is 22.7. The van der Waals surface area contributed by atoms with Gasteiger partial charge in [0, 0.05) is 31.2 Å². The third-order valence-electron chi connectivity index (χ3n) is 6.12. The summed E-state index contributed by atoms with van der Waals surface area (Å²) in [7, 11) is 0. The Kier molecular flexibility index (Phi) is 7.53. The summed E-state index contributed by atoms with van der Waals surface area (Å²) in [5.74, 6) is -0.395. The highest BCUT2D eigenvalue weighted by Gasteiger charge is 2.24. The Morgan fingerprint density at radius 3 is 2.39 bits per heavy atom. The number of rotatable bonds is 8. The molecule has 1 aliphatic heterocycles. The molecule has 1 fully saturated rings. The molecule has 5 nitrogen and oxygen atoms in total. The zero-order valence-corrected chi connectivity index (χ0v) is 19.1. The Bertz CT molecular complexity index is 1080. The molecule has 0 aliphatic carbocycles. The molecule has 0 unspecified atom stereocenters. The van der Waals surface area contributed by atoms with Crippen molar-refractivity contribution in [2.24, 2.45) is 0 Å². The molecule has 1 heterocycles. The third-order valence-corrected chi connectivity index (χ3v) is 6.12. The van der Waals surface area contributed by atoms with Crippen LogP contribution in [0, 0.1) is 0 Å². The lowest BCUT2D eigenvalue weighted by Gasteiger charge is -2.17. The van der Waals surface area contributed by atoms with Gasteiger partial charge in [0.15, 0.2) is 0 Å². The first-order chi connectivity index (χ1) is 16.1. The fraction of sp³-hybridized carbons (Fsp3) is 0.286. The summed E-state index contributed by atoms with van der Waals surface area (Å²) in [6.45, 7) is 4.81. The summed E-state index contributed by atoms with van der Waals surface area (Å²) < 4.78 is 0. The van der Waals surface area contributed by atoms with Crippen LogP contribution in [-0.4, -0.2) is 42.4 Å². The van der Waals surface area contributed by atoms with E-state index in [0.717, 1.165) is 43.6 Å². The maximum Gasteiger partial charge on any atom is 0.251 e. The Labute approximate surface area is 195 Å². The standard InChI is InChI=1S/C28H31N3O2/c1-2-21-11-13-22(14-12-21)19-31-16-15-26(20-31)30-27(32)18-29-28(33)25-10-6-9-24(17-25)23-7-4-3-5-8-23/h3-14,17,26H,2,15-16,18-20H2,1H3,(H,29,33)(H,30,32)/t26-/m1/s1. The molecule has 0 aromatic heterocycles. The van der Waals surface area contributed by atoms with Gasteiger partial charge in [-0.05, 0) is 47.2 Å². The number of likely N-dealkylation sites (tertiary alicyclic amines) is 1. The summed E-state index contributed by atoms with van der Waals surface area (Å²) in [5.41, 5.74) is 5.22. The SMILES string of the molecule is CCc1ccc(CN2CC[C@@H](NC(=O)CNC(=O)c3cccc(-c4ccccc4)c3)C2)cc1. The van der Waals surface area contributed by atoms with Crippen molar-refractivity contribution in [3.05, 3.63) is 95.6 Å². The van der Waals surface area contributed by atoms with Gasteiger partial charge >= 0.3 is 0 Å². The van der Waals surface area contributed by atoms with Gasteiger partial charge in [-0.3, -0.25) is 14.5 Å². The molecule has 170 valence electrons. The topological polar surface area (TPSA) is 61.4 Å². The van der Waals surface area contributed by atoms with Gasteiger partial charge in [-0.2, -0.15) is 0 Å². The van der Waals surface area contributed by atoms with Crippen LogP contribution in [0.1, 0.15) is 34.8 Å². The van der Waals surface area contributed by atoms with Crippen molar-refractivity contribution in [2.75, 3.05) is 19.6 Å². The van der Waals surface area contributed by atoms with Crippen molar-refractivity contribution < 1.29 is 9.59 Å². The van der Waals surface area contributed by atoms with Gasteiger partial charge in [-0.25, -0.2) is 0 Å². The molecule has 0 spiro atoms. The van der Waals surface area contributed by atoms with Gasteiger partial charge in [0.1, 0.15) is 0 Å². The first-order valence-corrected chi connectivity index (χ1v) is 11.6. The Morgan fingerprint density at radius 2 is 1.64 bits per heavy atom. The van der Waals surface area contributed by atoms with E-state index < -0.39 is 0 Å². The Hall–Kier alpha value is -3.44. The predicted octanol–water partition coefficient (Wildman–Crippen LogP) is 4.04. The average molecular weight is 442 g/mol. The molecule has 1 aliphatic rings. The number of benzene rings is 3. The maximum atomic E-state index is 12.6. The molecule has 3 aromatic rings. The molecule has 0 saturated carbocycles. The van der Waals surface area contributed by atoms with E-state index in [0.29, 0.717) is 5.56 Å². The van der Waals surface area contributed by atoms with Crippen LogP contribution in [-0.2, 0) is 17.8 Å². The number of carbonyl (C=O) groups is 2. The smallest absolute Gasteiger partial charge is 0.251 e.